The van der Waals surface area contributed by atoms with E-state index in [-0.39, 0.29) is 31.1 Å². The predicted octanol–water partition coefficient (Wildman–Crippen LogP) is 3.99. The van der Waals surface area contributed by atoms with Gasteiger partial charge in [-0.2, -0.15) is 0 Å². The van der Waals surface area contributed by atoms with E-state index < -0.39 is 29.8 Å². The molecule has 0 spiro atoms. The van der Waals surface area contributed by atoms with Crippen molar-refractivity contribution in [2.24, 2.45) is 17.8 Å². The van der Waals surface area contributed by atoms with Crippen molar-refractivity contribution in [2.75, 3.05) is 53.0 Å². The van der Waals surface area contributed by atoms with Gasteiger partial charge >= 0.3 is 12.2 Å². The molecule has 2 rings (SSSR count). The Morgan fingerprint density at radius 1 is 1.02 bits per heavy atom. The Morgan fingerprint density at radius 3 is 2.38 bits per heavy atom. The number of amides is 2. The van der Waals surface area contributed by atoms with Crippen LogP contribution in [0.15, 0.2) is 36.0 Å². The summed E-state index contributed by atoms with van der Waals surface area (Å²) in [6.07, 6.45) is 12.6. The van der Waals surface area contributed by atoms with Gasteiger partial charge in [0.2, 0.25) is 0 Å². The highest BCUT2D eigenvalue weighted by Crippen LogP contribution is 2.26. The fourth-order valence-electron chi connectivity index (χ4n) is 5.56. The number of unbranched alkanes of at least 4 members (excludes halogenated alkanes) is 2. The maximum absolute atomic E-state index is 13.0. The SMILES string of the molecule is C/C(=C\C=C\[C@@H](C)COC(=O)N1CCC[C@@H]1CO)[C@@H](C=O)[C@@H](C)/C=C/[C@H](OC(=O)N1CCN(C)CC1)[C@@](C)(O)CCCCC=O. The van der Waals surface area contributed by atoms with E-state index >= 15 is 0 Å². The topological polar surface area (TPSA) is 137 Å². The average Bonchev–Trinajstić information content (AvgIpc) is 3.50. The molecule has 0 unspecified atom stereocenters. The summed E-state index contributed by atoms with van der Waals surface area (Å²) in [4.78, 5) is 53.6. The number of carbonyl (C=O) groups is 4. The molecule has 6 atom stereocenters. The van der Waals surface area contributed by atoms with Gasteiger partial charge in [0, 0.05) is 51.0 Å². The van der Waals surface area contributed by atoms with Gasteiger partial charge in [0.05, 0.1) is 19.3 Å². The van der Waals surface area contributed by atoms with Gasteiger partial charge in [-0.05, 0) is 58.6 Å². The minimum Gasteiger partial charge on any atom is -0.449 e. The molecular weight excluding hydrogens is 578 g/mol. The lowest BCUT2D eigenvalue weighted by molar-refractivity contribution is -0.111. The first-order chi connectivity index (χ1) is 21.4. The summed E-state index contributed by atoms with van der Waals surface area (Å²) in [5, 5.41) is 20.8. The molecule has 11 nitrogen and oxygen atoms in total. The van der Waals surface area contributed by atoms with Crippen LogP contribution >= 0.6 is 0 Å². The molecule has 2 amide bonds. The third-order valence-corrected chi connectivity index (χ3v) is 8.78. The van der Waals surface area contributed by atoms with Crippen LogP contribution in [0, 0.1) is 17.8 Å². The van der Waals surface area contributed by atoms with Gasteiger partial charge in [0.25, 0.3) is 0 Å². The summed E-state index contributed by atoms with van der Waals surface area (Å²) in [6.45, 7) is 10.6. The standard InChI is InChI=1S/C34H55N3O8/c1-26(25-44-33(42)37-17-10-13-29(37)23-39)11-9-12-27(2)30(24-40)28(3)14-15-31(34(4,43)16-7-6-8-22-38)45-32(41)36-20-18-35(5)19-21-36/h9,11-12,14-15,22,24,26,28-31,39,43H,6-8,10,13,16-21,23,25H2,1-5H3/b11-9+,15-14+,27-12+/t26-,28+,29-,30-,31+,34+/m1/s1. The van der Waals surface area contributed by atoms with Crippen LogP contribution < -0.4 is 0 Å². The third kappa shape index (κ3) is 12.7. The van der Waals surface area contributed by atoms with Crippen molar-refractivity contribution in [3.8, 4) is 0 Å². The van der Waals surface area contributed by atoms with Crippen LogP contribution in [-0.2, 0) is 19.1 Å². The quantitative estimate of drug-likeness (QED) is 0.105. The van der Waals surface area contributed by atoms with Crippen molar-refractivity contribution < 1.29 is 38.9 Å². The number of aldehydes is 2. The van der Waals surface area contributed by atoms with E-state index in [2.05, 4.69) is 4.90 Å². The van der Waals surface area contributed by atoms with E-state index in [4.69, 9.17) is 9.47 Å². The number of ether oxygens (including phenoxy) is 2. The average molecular weight is 634 g/mol. The number of rotatable bonds is 17. The number of allylic oxidation sites excluding steroid dienone is 4. The number of hydrogen-bond donors (Lipinski definition) is 2. The molecule has 45 heavy (non-hydrogen) atoms. The Hall–Kier alpha value is -3.02. The van der Waals surface area contributed by atoms with E-state index in [0.29, 0.717) is 45.3 Å². The number of aliphatic hydroxyl groups is 2. The molecule has 2 heterocycles. The van der Waals surface area contributed by atoms with Crippen molar-refractivity contribution in [2.45, 2.75) is 84.0 Å². The van der Waals surface area contributed by atoms with E-state index in [1.807, 2.05) is 52.1 Å². The van der Waals surface area contributed by atoms with Crippen LogP contribution in [0.1, 0.15) is 66.2 Å². The second kappa shape index (κ2) is 19.5. The number of piperazine rings is 1. The van der Waals surface area contributed by atoms with Crippen LogP contribution in [0.25, 0.3) is 0 Å². The molecule has 0 bridgehead atoms. The third-order valence-electron chi connectivity index (χ3n) is 8.78. The zero-order valence-electron chi connectivity index (χ0n) is 27.8. The molecule has 0 aromatic heterocycles. The number of aliphatic hydroxyl groups excluding tert-OH is 1. The van der Waals surface area contributed by atoms with Crippen molar-refractivity contribution in [1.82, 2.24) is 14.7 Å². The second-order valence-corrected chi connectivity index (χ2v) is 12.8. The summed E-state index contributed by atoms with van der Waals surface area (Å²) in [5.41, 5.74) is -0.531. The summed E-state index contributed by atoms with van der Waals surface area (Å²) < 4.78 is 11.3. The Balaban J connectivity index is 2.03. The zero-order valence-corrected chi connectivity index (χ0v) is 27.8. The van der Waals surface area contributed by atoms with Crippen molar-refractivity contribution >= 4 is 24.8 Å². The van der Waals surface area contributed by atoms with Gasteiger partial charge in [-0.3, -0.25) is 0 Å². The smallest absolute Gasteiger partial charge is 0.410 e. The van der Waals surface area contributed by atoms with Gasteiger partial charge in [-0.1, -0.05) is 50.1 Å². The van der Waals surface area contributed by atoms with Gasteiger partial charge in [0.15, 0.2) is 6.10 Å². The van der Waals surface area contributed by atoms with Crippen LogP contribution in [-0.4, -0.2) is 120 Å². The van der Waals surface area contributed by atoms with Gasteiger partial charge < -0.3 is 44.0 Å². The van der Waals surface area contributed by atoms with Crippen LogP contribution in [0.5, 0.6) is 0 Å². The fraction of sp³-hybridized carbons (Fsp3) is 0.706. The molecular formula is C34H55N3O8. The predicted molar refractivity (Wildman–Crippen MR) is 173 cm³/mol. The first-order valence-corrected chi connectivity index (χ1v) is 16.3. The molecule has 0 aromatic carbocycles. The van der Waals surface area contributed by atoms with Crippen LogP contribution in [0.3, 0.4) is 0 Å². The second-order valence-electron chi connectivity index (χ2n) is 12.8. The Labute approximate surface area is 268 Å². The van der Waals surface area contributed by atoms with Crippen molar-refractivity contribution in [1.29, 1.82) is 0 Å². The lowest BCUT2D eigenvalue weighted by atomic mass is 9.86. The first kappa shape index (κ1) is 38.2. The van der Waals surface area contributed by atoms with Crippen molar-refractivity contribution in [3.05, 3.63) is 36.0 Å². The van der Waals surface area contributed by atoms with E-state index in [1.165, 1.54) is 0 Å². The lowest BCUT2D eigenvalue weighted by Crippen LogP contribution is -2.50. The maximum atomic E-state index is 13.0. The summed E-state index contributed by atoms with van der Waals surface area (Å²) in [5.74, 6) is -0.748. The van der Waals surface area contributed by atoms with E-state index in [1.54, 1.807) is 22.8 Å². The van der Waals surface area contributed by atoms with Gasteiger partial charge in [-0.25, -0.2) is 9.59 Å². The number of hydrogen-bond acceptors (Lipinski definition) is 9. The molecule has 2 N–H and O–H groups in total. The van der Waals surface area contributed by atoms with Crippen LogP contribution in [0.4, 0.5) is 9.59 Å². The Kier molecular flexibility index (Phi) is 16.5. The molecule has 2 aliphatic rings. The molecule has 2 saturated heterocycles. The largest absolute Gasteiger partial charge is 0.449 e. The zero-order chi connectivity index (χ0) is 33.4. The summed E-state index contributed by atoms with van der Waals surface area (Å²) >= 11 is 0. The number of nitrogens with zero attached hydrogens (tertiary/aromatic N) is 3. The minimum absolute atomic E-state index is 0.0512. The molecule has 0 saturated carbocycles. The first-order valence-electron chi connectivity index (χ1n) is 16.3. The summed E-state index contributed by atoms with van der Waals surface area (Å²) in [6, 6.07) is -0.177. The van der Waals surface area contributed by atoms with E-state index in [0.717, 1.165) is 44.1 Å². The van der Waals surface area contributed by atoms with Gasteiger partial charge in [-0.15, -0.1) is 0 Å². The van der Waals surface area contributed by atoms with Crippen LogP contribution in [0.2, 0.25) is 0 Å². The molecule has 0 aromatic rings. The highest BCUT2D eigenvalue weighted by atomic mass is 16.6. The molecule has 2 aliphatic heterocycles. The molecule has 254 valence electrons. The summed E-state index contributed by atoms with van der Waals surface area (Å²) in [7, 11) is 2.00. The maximum Gasteiger partial charge on any atom is 0.410 e. The molecule has 11 heteroatoms. The molecule has 0 aliphatic carbocycles. The number of likely N-dealkylation sites (N-methyl/N-ethyl adjacent to an activating group) is 1. The normalized spacial score (nSPS) is 22.2. The lowest BCUT2D eigenvalue weighted by Gasteiger charge is -2.35. The Bertz CT molecular complexity index is 1030. The molecule has 2 fully saturated rings. The highest BCUT2D eigenvalue weighted by molar-refractivity contribution is 5.69. The monoisotopic (exact) mass is 633 g/mol. The highest BCUT2D eigenvalue weighted by Gasteiger charge is 2.35. The van der Waals surface area contributed by atoms with E-state index in [9.17, 15) is 29.4 Å². The number of carbonyl (C=O) groups excluding carboxylic acids is 4. The van der Waals surface area contributed by atoms with Gasteiger partial charge in [0.1, 0.15) is 18.2 Å². The fourth-order valence-corrected chi connectivity index (χ4v) is 5.56. The Morgan fingerprint density at radius 2 is 1.73 bits per heavy atom. The minimum atomic E-state index is -1.36. The number of likely N-dealkylation sites (tertiary alicyclic amines) is 1. The van der Waals surface area contributed by atoms with Crippen molar-refractivity contribution in [3.63, 3.8) is 0 Å². The molecule has 0 radical (unpaired) electrons.